The monoisotopic (exact) mass is 478 g/mol. The predicted octanol–water partition coefficient (Wildman–Crippen LogP) is 5.31. The average Bonchev–Trinajstić information content (AvgIpc) is 3.36. The number of hydrogen-bond acceptors (Lipinski definition) is 8. The van der Waals surface area contributed by atoms with Crippen molar-refractivity contribution in [3.63, 3.8) is 0 Å². The number of pyridine rings is 2. The van der Waals surface area contributed by atoms with Crippen LogP contribution in [-0.2, 0) is 17.6 Å². The zero-order valence-corrected chi connectivity index (χ0v) is 19.6. The summed E-state index contributed by atoms with van der Waals surface area (Å²) in [6.07, 6.45) is 7.27. The lowest BCUT2D eigenvalue weighted by Crippen LogP contribution is -2.15. The van der Waals surface area contributed by atoms with Crippen LogP contribution >= 0.6 is 22.7 Å². The molecule has 0 unspecified atom stereocenters. The number of nitrogens with one attached hydrogen (secondary N) is 1. The highest BCUT2D eigenvalue weighted by Crippen LogP contribution is 2.40. The number of nitrogens with zero attached hydrogens (tertiary/aromatic N) is 2. The summed E-state index contributed by atoms with van der Waals surface area (Å²) in [6, 6.07) is 7.53. The van der Waals surface area contributed by atoms with Gasteiger partial charge in [-0.1, -0.05) is 0 Å². The minimum absolute atomic E-state index is 0.283. The number of carbonyl (C=O) groups is 2. The Morgan fingerprint density at radius 1 is 1.12 bits per heavy atom. The molecule has 33 heavy (non-hydrogen) atoms. The number of anilines is 2. The maximum atomic E-state index is 13.2. The number of ether oxygens (including phenoxy) is 1. The Labute approximate surface area is 198 Å². The van der Waals surface area contributed by atoms with Crippen molar-refractivity contribution in [3.8, 4) is 11.3 Å². The van der Waals surface area contributed by atoms with Crippen molar-refractivity contribution < 1.29 is 14.3 Å². The third-order valence-corrected chi connectivity index (χ3v) is 7.98. The molecule has 0 radical (unpaired) electrons. The van der Waals surface area contributed by atoms with Gasteiger partial charge in [-0.15, -0.1) is 22.7 Å². The number of nitrogens with two attached hydrogens (primary N) is 1. The molecule has 4 heterocycles. The van der Waals surface area contributed by atoms with E-state index in [1.54, 1.807) is 19.3 Å². The Morgan fingerprint density at radius 3 is 2.70 bits per heavy atom. The second-order valence-corrected chi connectivity index (χ2v) is 9.82. The molecular formula is C24H22N4O3S2. The highest BCUT2D eigenvalue weighted by Gasteiger charge is 2.28. The van der Waals surface area contributed by atoms with Crippen molar-refractivity contribution in [2.75, 3.05) is 17.7 Å². The Balaban J connectivity index is 1.49. The smallest absolute Gasteiger partial charge is 0.341 e. The predicted molar refractivity (Wildman–Crippen MR) is 132 cm³/mol. The maximum absolute atomic E-state index is 13.2. The average molecular weight is 479 g/mol. The van der Waals surface area contributed by atoms with Crippen LogP contribution in [0.25, 0.3) is 21.5 Å². The zero-order valence-electron chi connectivity index (χ0n) is 18.0. The van der Waals surface area contributed by atoms with E-state index in [1.807, 2.05) is 24.3 Å². The van der Waals surface area contributed by atoms with E-state index in [-0.39, 0.29) is 18.5 Å². The van der Waals surface area contributed by atoms with Crippen molar-refractivity contribution in [1.29, 1.82) is 0 Å². The summed E-state index contributed by atoms with van der Waals surface area (Å²) in [6.45, 7) is 2.06. The van der Waals surface area contributed by atoms with Crippen molar-refractivity contribution in [2.24, 2.45) is 0 Å². The molecule has 0 aromatic carbocycles. The number of nitrogen functional groups attached to an aromatic ring is 1. The van der Waals surface area contributed by atoms with Gasteiger partial charge in [0, 0.05) is 28.2 Å². The summed E-state index contributed by atoms with van der Waals surface area (Å²) in [5.74, 6) is -0.731. The fourth-order valence-corrected chi connectivity index (χ4v) is 6.34. The van der Waals surface area contributed by atoms with Gasteiger partial charge in [-0.2, -0.15) is 0 Å². The van der Waals surface area contributed by atoms with Crippen LogP contribution in [0.2, 0.25) is 0 Å². The maximum Gasteiger partial charge on any atom is 0.341 e. The van der Waals surface area contributed by atoms with Crippen LogP contribution < -0.4 is 11.1 Å². The van der Waals surface area contributed by atoms with Crippen LogP contribution in [0.1, 0.15) is 50.2 Å². The summed E-state index contributed by atoms with van der Waals surface area (Å²) in [7, 11) is 0. The molecule has 7 nitrogen and oxygen atoms in total. The number of esters is 1. The van der Waals surface area contributed by atoms with Crippen molar-refractivity contribution in [1.82, 2.24) is 9.97 Å². The summed E-state index contributed by atoms with van der Waals surface area (Å²) < 4.78 is 5.29. The van der Waals surface area contributed by atoms with E-state index in [2.05, 4.69) is 10.3 Å². The molecule has 5 rings (SSSR count). The van der Waals surface area contributed by atoms with Gasteiger partial charge >= 0.3 is 5.97 Å². The van der Waals surface area contributed by atoms with Crippen LogP contribution in [0.3, 0.4) is 0 Å². The molecule has 3 N–H and O–H groups in total. The van der Waals surface area contributed by atoms with Crippen LogP contribution in [0.15, 0.2) is 36.7 Å². The lowest BCUT2D eigenvalue weighted by atomic mass is 9.95. The molecule has 1 aliphatic carbocycles. The Kier molecular flexibility index (Phi) is 5.82. The molecule has 0 atom stereocenters. The van der Waals surface area contributed by atoms with Crippen molar-refractivity contribution >= 4 is 55.5 Å². The first kappa shape index (κ1) is 21.5. The molecule has 1 aliphatic rings. The lowest BCUT2D eigenvalue weighted by Gasteiger charge is -2.12. The summed E-state index contributed by atoms with van der Waals surface area (Å²) in [5.41, 5.74) is 9.95. The fourth-order valence-electron chi connectivity index (χ4n) is 4.08. The van der Waals surface area contributed by atoms with Gasteiger partial charge in [0.1, 0.15) is 14.7 Å². The van der Waals surface area contributed by atoms with Gasteiger partial charge in [0.25, 0.3) is 5.91 Å². The number of rotatable bonds is 5. The fraction of sp³-hybridized carbons (Fsp3) is 0.250. The first-order chi connectivity index (χ1) is 16.1. The van der Waals surface area contributed by atoms with E-state index in [4.69, 9.17) is 15.5 Å². The normalized spacial score (nSPS) is 13.0. The lowest BCUT2D eigenvalue weighted by molar-refractivity contribution is 0.0526. The number of fused-ring (bicyclic) bond motifs is 2. The van der Waals surface area contributed by atoms with Gasteiger partial charge in [0.2, 0.25) is 0 Å². The highest BCUT2D eigenvalue weighted by molar-refractivity contribution is 7.21. The number of thiophene rings is 2. The number of amides is 1. The second kappa shape index (κ2) is 8.92. The summed E-state index contributed by atoms with van der Waals surface area (Å²) in [4.78, 5) is 36.9. The van der Waals surface area contributed by atoms with Gasteiger partial charge in [0.05, 0.1) is 23.6 Å². The SMILES string of the molecule is CCOC(=O)c1c(NC(=O)c2sc3nc(-c4ccncc4)ccc3c2N)sc2c1CCCC2. The largest absolute Gasteiger partial charge is 0.462 e. The molecule has 0 saturated heterocycles. The van der Waals surface area contributed by atoms with E-state index in [0.717, 1.165) is 52.8 Å². The van der Waals surface area contributed by atoms with E-state index >= 15 is 0 Å². The molecule has 4 aromatic rings. The van der Waals surface area contributed by atoms with Gasteiger partial charge in [0.15, 0.2) is 0 Å². The molecule has 0 bridgehead atoms. The Hall–Kier alpha value is -3.30. The van der Waals surface area contributed by atoms with Crippen LogP contribution in [0.4, 0.5) is 10.7 Å². The first-order valence-corrected chi connectivity index (χ1v) is 12.4. The van der Waals surface area contributed by atoms with Crippen molar-refractivity contribution in [2.45, 2.75) is 32.6 Å². The molecule has 168 valence electrons. The van der Waals surface area contributed by atoms with E-state index in [9.17, 15) is 9.59 Å². The number of aryl methyl sites for hydroxylation is 1. The second-order valence-electron chi connectivity index (χ2n) is 7.72. The van der Waals surface area contributed by atoms with Crippen molar-refractivity contribution in [3.05, 3.63) is 57.5 Å². The van der Waals surface area contributed by atoms with Gasteiger partial charge in [-0.3, -0.25) is 9.78 Å². The van der Waals surface area contributed by atoms with Gasteiger partial charge < -0.3 is 15.8 Å². The third kappa shape index (κ3) is 3.98. The number of aromatic nitrogens is 2. The molecule has 1 amide bonds. The molecule has 0 spiro atoms. The highest BCUT2D eigenvalue weighted by atomic mass is 32.1. The topological polar surface area (TPSA) is 107 Å². The van der Waals surface area contributed by atoms with E-state index < -0.39 is 0 Å². The van der Waals surface area contributed by atoms with Crippen LogP contribution in [0.5, 0.6) is 0 Å². The third-order valence-electron chi connectivity index (χ3n) is 5.65. The molecule has 0 fully saturated rings. The van der Waals surface area contributed by atoms with Gasteiger partial charge in [-0.25, -0.2) is 9.78 Å². The van der Waals surface area contributed by atoms with Crippen LogP contribution in [-0.4, -0.2) is 28.5 Å². The number of carbonyl (C=O) groups excluding carboxylic acids is 2. The Bertz CT molecular complexity index is 1360. The summed E-state index contributed by atoms with van der Waals surface area (Å²) in [5, 5.41) is 4.21. The molecular weight excluding hydrogens is 456 g/mol. The molecule has 0 aliphatic heterocycles. The minimum atomic E-state index is -0.389. The standard InChI is InChI=1S/C24H22N4O3S2/c1-2-31-24(30)18-14-5-3-4-6-17(14)32-23(18)28-21(29)20-19(25)15-7-8-16(27-22(15)33-20)13-9-11-26-12-10-13/h7-12H,2-6,25H2,1H3,(H,28,29). The quantitative estimate of drug-likeness (QED) is 0.377. The number of hydrogen-bond donors (Lipinski definition) is 2. The Morgan fingerprint density at radius 2 is 1.91 bits per heavy atom. The molecule has 4 aromatic heterocycles. The molecule has 9 heteroatoms. The minimum Gasteiger partial charge on any atom is -0.462 e. The zero-order chi connectivity index (χ0) is 22.9. The summed E-state index contributed by atoms with van der Waals surface area (Å²) >= 11 is 2.71. The van der Waals surface area contributed by atoms with Crippen LogP contribution in [0, 0.1) is 0 Å². The first-order valence-electron chi connectivity index (χ1n) is 10.8. The molecule has 0 saturated carbocycles. The van der Waals surface area contributed by atoms with E-state index in [0.29, 0.717) is 26.0 Å². The van der Waals surface area contributed by atoms with E-state index in [1.165, 1.54) is 22.7 Å². The van der Waals surface area contributed by atoms with Gasteiger partial charge in [-0.05, 0) is 62.4 Å².